The molecule has 0 aliphatic carbocycles. The summed E-state index contributed by atoms with van der Waals surface area (Å²) in [6.45, 7) is 0. The summed E-state index contributed by atoms with van der Waals surface area (Å²) < 4.78 is 15.2. The third-order valence-electron chi connectivity index (χ3n) is 11.4. The average Bonchev–Trinajstić information content (AvgIpc) is 3.94. The molecule has 12 aromatic rings. The van der Waals surface area contributed by atoms with E-state index >= 15 is 0 Å². The lowest BCUT2D eigenvalue weighted by molar-refractivity contribution is 0.669. The van der Waals surface area contributed by atoms with E-state index in [9.17, 15) is 0 Å². The van der Waals surface area contributed by atoms with Crippen molar-refractivity contribution in [3.05, 3.63) is 194 Å². The second-order valence-corrected chi connectivity index (χ2v) is 14.5. The minimum Gasteiger partial charge on any atom is -0.456 e. The first-order valence-electron chi connectivity index (χ1n) is 19.0. The van der Waals surface area contributed by atoms with Crippen molar-refractivity contribution >= 4 is 93.5 Å². The Balaban J connectivity index is 1.04. The highest BCUT2D eigenvalue weighted by Crippen LogP contribution is 2.43. The number of hydrogen-bond donors (Lipinski definition) is 0. The molecular weight excluding hydrogens is 685 g/mol. The summed E-state index contributed by atoms with van der Waals surface area (Å²) in [5, 5.41) is 9.23. The first-order valence-corrected chi connectivity index (χ1v) is 19.0. The Labute approximate surface area is 321 Å². The van der Waals surface area contributed by atoms with E-state index in [1.54, 1.807) is 0 Å². The van der Waals surface area contributed by atoms with Gasteiger partial charge in [0, 0.05) is 60.5 Å². The molecule has 0 aliphatic rings. The number of nitrogens with zero attached hydrogens (tertiary/aromatic N) is 2. The Morgan fingerprint density at radius 3 is 1.84 bits per heavy atom. The van der Waals surface area contributed by atoms with Gasteiger partial charge in [-0.05, 0) is 101 Å². The summed E-state index contributed by atoms with van der Waals surface area (Å²) in [5.74, 6) is 0. The van der Waals surface area contributed by atoms with E-state index in [-0.39, 0.29) is 0 Å². The summed E-state index contributed by atoms with van der Waals surface area (Å²) in [6.07, 6.45) is 0. The van der Waals surface area contributed by atoms with E-state index in [1.807, 2.05) is 12.1 Å². The molecule has 56 heavy (non-hydrogen) atoms. The lowest BCUT2D eigenvalue weighted by Gasteiger charge is -2.26. The highest BCUT2D eigenvalue weighted by atomic mass is 16.3. The van der Waals surface area contributed by atoms with Crippen molar-refractivity contribution in [1.29, 1.82) is 0 Å². The molecule has 0 amide bonds. The number of rotatable bonds is 5. The summed E-state index contributed by atoms with van der Waals surface area (Å²) >= 11 is 0. The van der Waals surface area contributed by atoms with E-state index < -0.39 is 0 Å². The minimum absolute atomic E-state index is 0.872. The van der Waals surface area contributed by atoms with Crippen molar-refractivity contribution in [3.8, 4) is 16.8 Å². The van der Waals surface area contributed by atoms with Gasteiger partial charge in [0.1, 0.15) is 22.3 Å². The molecule has 0 atom stereocenters. The number of para-hydroxylation sites is 3. The zero-order valence-corrected chi connectivity index (χ0v) is 30.2. The fourth-order valence-electron chi connectivity index (χ4n) is 8.86. The monoisotopic (exact) mass is 716 g/mol. The third kappa shape index (κ3) is 4.60. The van der Waals surface area contributed by atoms with Gasteiger partial charge < -0.3 is 18.3 Å². The standard InChI is InChI=1S/C52H32N2O2/c1-2-14-40-33(11-1)23-29-44-51-39(18-10-22-50(51)56-52(40)44)34-12-9-13-37(31-34)53(38-28-30-49-45(32-38)43-17-5-8-21-48(43)55-49)35-24-26-36(27-25-35)54-46-19-6-3-15-41(46)42-16-4-7-20-47(42)54/h1-32H. The molecule has 4 heteroatoms. The van der Waals surface area contributed by atoms with Crippen molar-refractivity contribution in [3.63, 3.8) is 0 Å². The van der Waals surface area contributed by atoms with Crippen LogP contribution in [0.1, 0.15) is 0 Å². The highest BCUT2D eigenvalue weighted by Gasteiger charge is 2.20. The van der Waals surface area contributed by atoms with Crippen LogP contribution in [-0.2, 0) is 0 Å². The van der Waals surface area contributed by atoms with Crippen molar-refractivity contribution in [2.45, 2.75) is 0 Å². The molecule has 0 radical (unpaired) electrons. The van der Waals surface area contributed by atoms with Gasteiger partial charge in [0.15, 0.2) is 0 Å². The zero-order valence-electron chi connectivity index (χ0n) is 30.2. The first-order chi connectivity index (χ1) is 27.8. The molecule has 0 fully saturated rings. The zero-order chi connectivity index (χ0) is 36.7. The van der Waals surface area contributed by atoms with Crippen LogP contribution in [-0.4, -0.2) is 4.57 Å². The Morgan fingerprint density at radius 2 is 1.02 bits per heavy atom. The number of hydrogen-bond acceptors (Lipinski definition) is 3. The van der Waals surface area contributed by atoms with Crippen LogP contribution in [0.25, 0.3) is 93.3 Å². The smallest absolute Gasteiger partial charge is 0.143 e. The maximum absolute atomic E-state index is 6.59. The van der Waals surface area contributed by atoms with Gasteiger partial charge in [-0.25, -0.2) is 0 Å². The lowest BCUT2D eigenvalue weighted by atomic mass is 9.97. The quantitative estimate of drug-likeness (QED) is 0.178. The first kappa shape index (κ1) is 30.9. The Hall–Kier alpha value is -7.56. The van der Waals surface area contributed by atoms with Crippen LogP contribution < -0.4 is 4.90 Å². The number of furan rings is 2. The molecule has 3 heterocycles. The molecular formula is C52H32N2O2. The predicted molar refractivity (Wildman–Crippen MR) is 233 cm³/mol. The topological polar surface area (TPSA) is 34.5 Å². The van der Waals surface area contributed by atoms with E-state index in [2.05, 4.69) is 191 Å². The predicted octanol–water partition coefficient (Wildman–Crippen LogP) is 14.9. The normalized spacial score (nSPS) is 11.9. The molecule has 0 unspecified atom stereocenters. The number of fused-ring (bicyclic) bond motifs is 11. The molecule has 0 saturated heterocycles. The fourth-order valence-corrected chi connectivity index (χ4v) is 8.86. The second-order valence-electron chi connectivity index (χ2n) is 14.5. The van der Waals surface area contributed by atoms with Crippen LogP contribution in [0.5, 0.6) is 0 Å². The van der Waals surface area contributed by atoms with Gasteiger partial charge >= 0.3 is 0 Å². The highest BCUT2D eigenvalue weighted by molar-refractivity contribution is 6.19. The Bertz CT molecular complexity index is 3440. The molecule has 0 spiro atoms. The average molecular weight is 717 g/mol. The van der Waals surface area contributed by atoms with Crippen LogP contribution >= 0.6 is 0 Å². The molecule has 0 N–H and O–H groups in total. The van der Waals surface area contributed by atoms with Gasteiger partial charge in [0.25, 0.3) is 0 Å². The minimum atomic E-state index is 0.872. The van der Waals surface area contributed by atoms with Crippen LogP contribution in [0.4, 0.5) is 17.1 Å². The van der Waals surface area contributed by atoms with Crippen molar-refractivity contribution in [2.24, 2.45) is 0 Å². The third-order valence-corrected chi connectivity index (χ3v) is 11.4. The molecule has 262 valence electrons. The number of aromatic nitrogens is 1. The van der Waals surface area contributed by atoms with Gasteiger partial charge in [-0.3, -0.25) is 0 Å². The molecule has 12 rings (SSSR count). The van der Waals surface area contributed by atoms with Crippen LogP contribution in [0.15, 0.2) is 203 Å². The van der Waals surface area contributed by atoms with Gasteiger partial charge in [-0.2, -0.15) is 0 Å². The molecule has 3 aromatic heterocycles. The van der Waals surface area contributed by atoms with Crippen molar-refractivity contribution < 1.29 is 8.83 Å². The molecule has 9 aromatic carbocycles. The molecule has 0 aliphatic heterocycles. The molecule has 4 nitrogen and oxygen atoms in total. The van der Waals surface area contributed by atoms with Gasteiger partial charge in [-0.1, -0.05) is 109 Å². The number of anilines is 3. The molecule has 0 saturated carbocycles. The van der Waals surface area contributed by atoms with Crippen LogP contribution in [0.3, 0.4) is 0 Å². The van der Waals surface area contributed by atoms with Crippen molar-refractivity contribution in [1.82, 2.24) is 4.57 Å². The summed E-state index contributed by atoms with van der Waals surface area (Å²) in [7, 11) is 0. The van der Waals surface area contributed by atoms with E-state index in [0.29, 0.717) is 0 Å². The molecule has 0 bridgehead atoms. The fraction of sp³-hybridized carbons (Fsp3) is 0. The van der Waals surface area contributed by atoms with E-state index in [4.69, 9.17) is 8.83 Å². The van der Waals surface area contributed by atoms with Gasteiger partial charge in [0.2, 0.25) is 0 Å². The van der Waals surface area contributed by atoms with E-state index in [1.165, 1.54) is 27.2 Å². The Kier molecular flexibility index (Phi) is 6.60. The number of benzene rings is 9. The maximum atomic E-state index is 6.59. The Morgan fingerprint density at radius 1 is 0.375 bits per heavy atom. The van der Waals surface area contributed by atoms with Crippen LogP contribution in [0.2, 0.25) is 0 Å². The summed E-state index contributed by atoms with van der Waals surface area (Å²) in [4.78, 5) is 2.35. The SMILES string of the molecule is c1cc(-c2cccc3oc4c5ccccc5ccc4c23)cc(N(c2ccc(-n3c4ccccc4c4ccccc43)cc2)c2ccc3oc4ccccc4c3c2)c1. The second kappa shape index (κ2) is 12.0. The largest absolute Gasteiger partial charge is 0.456 e. The maximum Gasteiger partial charge on any atom is 0.143 e. The van der Waals surface area contributed by atoms with Gasteiger partial charge in [-0.15, -0.1) is 0 Å². The lowest BCUT2D eigenvalue weighted by Crippen LogP contribution is -2.10. The summed E-state index contributed by atoms with van der Waals surface area (Å²) in [5.41, 5.74) is 12.5. The van der Waals surface area contributed by atoms with Crippen LogP contribution in [0, 0.1) is 0 Å². The van der Waals surface area contributed by atoms with Crippen molar-refractivity contribution in [2.75, 3.05) is 4.90 Å². The van der Waals surface area contributed by atoms with Gasteiger partial charge in [0.05, 0.1) is 11.0 Å². The van der Waals surface area contributed by atoms with E-state index in [0.717, 1.165) is 83.1 Å². The summed E-state index contributed by atoms with van der Waals surface area (Å²) in [6, 6.07) is 69.1.